The van der Waals surface area contributed by atoms with E-state index in [1.807, 2.05) is 20.8 Å². The van der Waals surface area contributed by atoms with Crippen LogP contribution in [0.15, 0.2) is 29.0 Å². The number of rotatable bonds is 7. The Labute approximate surface area is 225 Å². The number of aromatic hydroxyl groups is 1. The molecule has 0 heterocycles. The number of phenols is 1. The highest BCUT2D eigenvalue weighted by atomic mass is 16.5. The standard InChI is InChI=1S/C29H33NO9/c1-4-5-8-39-20(32)7-6-14-10-17(13(2)3)18-11-15-9-16-12-19(31)23(28(30)37)27(36)29(16,38)26(35)21(15)25(34)22(18)24(14)33/h6-7,10,13,15-16,33-34,36,38H,4-5,8-9,11-12H2,1-3H3,(H2,30,37)/b7-6+/t15-,16+,29+/m1/s1. The number of ether oxygens (including phenoxy) is 1. The van der Waals surface area contributed by atoms with Crippen molar-refractivity contribution in [2.24, 2.45) is 17.6 Å². The van der Waals surface area contributed by atoms with Gasteiger partial charge >= 0.3 is 5.97 Å². The van der Waals surface area contributed by atoms with Crippen LogP contribution in [0.3, 0.4) is 0 Å². The lowest BCUT2D eigenvalue weighted by Gasteiger charge is -2.46. The predicted molar refractivity (Wildman–Crippen MR) is 140 cm³/mol. The number of aliphatic hydroxyl groups is 3. The fourth-order valence-corrected chi connectivity index (χ4v) is 5.90. The van der Waals surface area contributed by atoms with Gasteiger partial charge in [-0.3, -0.25) is 14.4 Å². The number of hydrogen-bond acceptors (Lipinski definition) is 9. The number of amides is 1. The lowest BCUT2D eigenvalue weighted by Crippen LogP contribution is -2.58. The molecule has 0 spiro atoms. The number of unbranched alkanes of at least 4 members (excludes halogenated alkanes) is 1. The molecule has 1 aromatic rings. The Hall–Kier alpha value is -3.92. The lowest BCUT2D eigenvalue weighted by molar-refractivity contribution is -0.147. The topological polar surface area (TPSA) is 184 Å². The first-order valence-corrected chi connectivity index (χ1v) is 13.0. The van der Waals surface area contributed by atoms with E-state index >= 15 is 0 Å². The first-order valence-electron chi connectivity index (χ1n) is 13.0. The van der Waals surface area contributed by atoms with Crippen LogP contribution in [0.4, 0.5) is 0 Å². The maximum atomic E-state index is 13.7. The summed E-state index contributed by atoms with van der Waals surface area (Å²) in [4.78, 5) is 50.1. The molecule has 1 aromatic carbocycles. The van der Waals surface area contributed by atoms with Crippen LogP contribution in [0.5, 0.6) is 5.75 Å². The van der Waals surface area contributed by atoms with Crippen LogP contribution in [-0.2, 0) is 30.3 Å². The zero-order valence-electron chi connectivity index (χ0n) is 22.1. The van der Waals surface area contributed by atoms with Crippen molar-refractivity contribution in [3.63, 3.8) is 0 Å². The van der Waals surface area contributed by atoms with Crippen LogP contribution in [-0.4, -0.2) is 56.1 Å². The van der Waals surface area contributed by atoms with Gasteiger partial charge < -0.3 is 30.9 Å². The number of ketones is 2. The van der Waals surface area contributed by atoms with E-state index in [1.54, 1.807) is 6.07 Å². The molecule has 6 N–H and O–H groups in total. The molecule has 39 heavy (non-hydrogen) atoms. The molecular weight excluding hydrogens is 506 g/mol. The number of Topliss-reactive ketones (excluding diaryl/α,β-unsaturated/α-hetero) is 2. The molecule has 1 fully saturated rings. The van der Waals surface area contributed by atoms with Gasteiger partial charge in [-0.15, -0.1) is 0 Å². The Bertz CT molecular complexity index is 1370. The third-order valence-electron chi connectivity index (χ3n) is 7.89. The summed E-state index contributed by atoms with van der Waals surface area (Å²) in [5, 5.41) is 44.7. The average Bonchev–Trinajstić information content (AvgIpc) is 2.85. The van der Waals surface area contributed by atoms with Gasteiger partial charge in [0.15, 0.2) is 11.4 Å². The van der Waals surface area contributed by atoms with Crippen molar-refractivity contribution < 1.29 is 44.3 Å². The van der Waals surface area contributed by atoms with Gasteiger partial charge in [-0.1, -0.05) is 27.2 Å². The van der Waals surface area contributed by atoms with Crippen LogP contribution in [0.25, 0.3) is 11.8 Å². The number of benzene rings is 1. The van der Waals surface area contributed by atoms with Crippen LogP contribution >= 0.6 is 0 Å². The fourth-order valence-electron chi connectivity index (χ4n) is 5.90. The minimum atomic E-state index is -2.62. The molecule has 0 aromatic heterocycles. The number of carbonyl (C=O) groups excluding carboxylic acids is 4. The van der Waals surface area contributed by atoms with Crippen LogP contribution < -0.4 is 5.73 Å². The number of phenolic OH excluding ortho intramolecular Hbond substituents is 1. The van der Waals surface area contributed by atoms with Gasteiger partial charge in [0.1, 0.15) is 22.8 Å². The van der Waals surface area contributed by atoms with E-state index in [1.165, 1.54) is 12.2 Å². The van der Waals surface area contributed by atoms with E-state index in [-0.39, 0.29) is 54.2 Å². The maximum Gasteiger partial charge on any atom is 0.330 e. The van der Waals surface area contributed by atoms with Crippen LogP contribution in [0, 0.1) is 11.8 Å². The molecule has 3 aliphatic carbocycles. The van der Waals surface area contributed by atoms with Crippen molar-refractivity contribution in [3.05, 3.63) is 51.3 Å². The Kier molecular flexibility index (Phi) is 7.44. The number of primary amides is 1. The van der Waals surface area contributed by atoms with E-state index in [0.29, 0.717) is 12.0 Å². The highest BCUT2D eigenvalue weighted by molar-refractivity contribution is 6.22. The summed E-state index contributed by atoms with van der Waals surface area (Å²) in [6.45, 7) is 6.08. The van der Waals surface area contributed by atoms with Crippen molar-refractivity contribution in [2.45, 2.75) is 64.4 Å². The molecule has 0 radical (unpaired) electrons. The molecule has 0 bridgehead atoms. The zero-order valence-corrected chi connectivity index (χ0v) is 22.1. The van der Waals surface area contributed by atoms with Gasteiger partial charge in [0.2, 0.25) is 5.78 Å². The SMILES string of the molecule is CCCCOC(=O)/C=C/c1cc(C(C)C)c2c(c1O)C(O)=C1C(=O)[C@]3(O)C(O)=C(C(N)=O)C(=O)C[C@@H]3C[C@@H]1C2. The van der Waals surface area contributed by atoms with Gasteiger partial charge in [-0.25, -0.2) is 4.79 Å². The largest absolute Gasteiger partial charge is 0.508 e. The van der Waals surface area contributed by atoms with Gasteiger partial charge in [0.25, 0.3) is 5.91 Å². The molecule has 208 valence electrons. The summed E-state index contributed by atoms with van der Waals surface area (Å²) >= 11 is 0. The van der Waals surface area contributed by atoms with Gasteiger partial charge in [-0.2, -0.15) is 0 Å². The molecule has 3 atom stereocenters. The highest BCUT2D eigenvalue weighted by Crippen LogP contribution is 2.53. The number of nitrogens with two attached hydrogens (primary N) is 1. The van der Waals surface area contributed by atoms with Crippen molar-refractivity contribution in [1.29, 1.82) is 0 Å². The first kappa shape index (κ1) is 28.1. The van der Waals surface area contributed by atoms with E-state index in [2.05, 4.69) is 0 Å². The molecular formula is C29H33NO9. The average molecular weight is 540 g/mol. The van der Waals surface area contributed by atoms with E-state index in [9.17, 15) is 39.6 Å². The predicted octanol–water partition coefficient (Wildman–Crippen LogP) is 2.90. The molecule has 10 heteroatoms. The summed E-state index contributed by atoms with van der Waals surface area (Å²) in [5.41, 5.74) is 3.16. The normalized spacial score (nSPS) is 24.6. The number of esters is 1. The van der Waals surface area contributed by atoms with Gasteiger partial charge in [0.05, 0.1) is 12.2 Å². The quantitative estimate of drug-likeness (QED) is 0.150. The Morgan fingerprint density at radius 2 is 1.90 bits per heavy atom. The van der Waals surface area contributed by atoms with E-state index in [0.717, 1.165) is 12.0 Å². The summed E-state index contributed by atoms with van der Waals surface area (Å²) in [6, 6.07) is 1.71. The molecule has 10 nitrogen and oxygen atoms in total. The Balaban J connectivity index is 1.84. The number of hydrogen-bond donors (Lipinski definition) is 5. The smallest absolute Gasteiger partial charge is 0.330 e. The summed E-state index contributed by atoms with van der Waals surface area (Å²) in [6.07, 6.45) is 4.02. The highest BCUT2D eigenvalue weighted by Gasteiger charge is 2.60. The second-order valence-electron chi connectivity index (χ2n) is 10.7. The van der Waals surface area contributed by atoms with Gasteiger partial charge in [0, 0.05) is 29.6 Å². The molecule has 0 saturated heterocycles. The summed E-state index contributed by atoms with van der Waals surface area (Å²) in [5.74, 6) is -7.43. The molecule has 4 rings (SSSR count). The summed E-state index contributed by atoms with van der Waals surface area (Å²) < 4.78 is 5.12. The molecule has 0 unspecified atom stereocenters. The Morgan fingerprint density at radius 3 is 2.51 bits per heavy atom. The van der Waals surface area contributed by atoms with Crippen LogP contribution in [0.1, 0.15) is 74.6 Å². The monoisotopic (exact) mass is 539 g/mol. The van der Waals surface area contributed by atoms with Crippen molar-refractivity contribution in [2.75, 3.05) is 6.61 Å². The van der Waals surface area contributed by atoms with Crippen molar-refractivity contribution >= 4 is 35.3 Å². The minimum Gasteiger partial charge on any atom is -0.508 e. The number of fused-ring (bicyclic) bond motifs is 3. The third kappa shape index (κ3) is 4.52. The van der Waals surface area contributed by atoms with E-state index in [4.69, 9.17) is 10.5 Å². The van der Waals surface area contributed by atoms with E-state index < -0.39 is 58.0 Å². The van der Waals surface area contributed by atoms with Crippen LogP contribution in [0.2, 0.25) is 0 Å². The first-order chi connectivity index (χ1) is 18.3. The molecule has 1 saturated carbocycles. The molecule has 1 amide bonds. The molecule has 0 aliphatic heterocycles. The third-order valence-corrected chi connectivity index (χ3v) is 7.89. The van der Waals surface area contributed by atoms with Gasteiger partial charge in [-0.05, 0) is 54.4 Å². The second-order valence-corrected chi connectivity index (χ2v) is 10.7. The summed E-state index contributed by atoms with van der Waals surface area (Å²) in [7, 11) is 0. The molecule has 3 aliphatic rings. The fraction of sp³-hybridized carbons (Fsp3) is 0.448. The number of aliphatic hydroxyl groups excluding tert-OH is 2. The van der Waals surface area contributed by atoms with Crippen molar-refractivity contribution in [1.82, 2.24) is 0 Å². The Morgan fingerprint density at radius 1 is 1.21 bits per heavy atom. The maximum absolute atomic E-state index is 13.7. The number of carbonyl (C=O) groups is 4. The van der Waals surface area contributed by atoms with Crippen molar-refractivity contribution in [3.8, 4) is 5.75 Å². The second kappa shape index (κ2) is 10.3. The lowest BCUT2D eigenvalue weighted by atomic mass is 9.59. The minimum absolute atomic E-state index is 0.00710. The zero-order chi connectivity index (χ0) is 28.8.